The molecule has 0 saturated carbocycles. The molecule has 1 aliphatic heterocycles. The molecule has 0 aliphatic carbocycles. The maximum Gasteiger partial charge on any atom is 0.228 e. The molecule has 1 fully saturated rings. The lowest BCUT2D eigenvalue weighted by molar-refractivity contribution is -0.117. The summed E-state index contributed by atoms with van der Waals surface area (Å²) in [6.45, 7) is 0.561. The maximum atomic E-state index is 13.3. The van der Waals surface area contributed by atoms with Crippen molar-refractivity contribution >= 4 is 27.5 Å². The van der Waals surface area contributed by atoms with E-state index in [4.69, 9.17) is 4.74 Å². The second kappa shape index (κ2) is 4.41. The van der Waals surface area contributed by atoms with Crippen LogP contribution in [-0.4, -0.2) is 24.4 Å². The molecule has 1 aliphatic rings. The van der Waals surface area contributed by atoms with Crippen LogP contribution >= 0.6 is 15.9 Å². The Labute approximate surface area is 101 Å². The van der Waals surface area contributed by atoms with Gasteiger partial charge in [0.25, 0.3) is 0 Å². The minimum Gasteiger partial charge on any atom is -0.497 e. The molecule has 1 aromatic rings. The van der Waals surface area contributed by atoms with Crippen LogP contribution in [0.25, 0.3) is 0 Å². The Morgan fingerprint density at radius 3 is 2.81 bits per heavy atom. The summed E-state index contributed by atoms with van der Waals surface area (Å²) in [4.78, 5) is 13.3. The van der Waals surface area contributed by atoms with E-state index in [-0.39, 0.29) is 10.7 Å². The third-order valence-corrected chi connectivity index (χ3v) is 3.09. The maximum absolute atomic E-state index is 13.3. The van der Waals surface area contributed by atoms with Crippen LogP contribution in [0, 0.1) is 5.82 Å². The molecule has 2 rings (SSSR count). The first-order valence-electron chi connectivity index (χ1n) is 4.89. The van der Waals surface area contributed by atoms with Gasteiger partial charge in [-0.3, -0.25) is 4.79 Å². The zero-order chi connectivity index (χ0) is 11.7. The first-order chi connectivity index (χ1) is 7.60. The molecular formula is C11H11BrFNO2. The van der Waals surface area contributed by atoms with Crippen LogP contribution < -0.4 is 9.64 Å². The van der Waals surface area contributed by atoms with Gasteiger partial charge in [-0.15, -0.1) is 0 Å². The molecule has 86 valence electrons. The summed E-state index contributed by atoms with van der Waals surface area (Å²) < 4.78 is 18.2. The Hall–Kier alpha value is -1.10. The molecule has 16 heavy (non-hydrogen) atoms. The van der Waals surface area contributed by atoms with Crippen molar-refractivity contribution < 1.29 is 13.9 Å². The van der Waals surface area contributed by atoms with Crippen LogP contribution in [0.3, 0.4) is 0 Å². The van der Waals surface area contributed by atoms with Gasteiger partial charge in [0.15, 0.2) is 0 Å². The molecule has 3 nitrogen and oxygen atoms in total. The predicted molar refractivity (Wildman–Crippen MR) is 62.6 cm³/mol. The quantitative estimate of drug-likeness (QED) is 0.782. The number of carbonyl (C=O) groups is 1. The third-order valence-electron chi connectivity index (χ3n) is 2.48. The fourth-order valence-corrected chi connectivity index (χ4v) is 2.30. The van der Waals surface area contributed by atoms with Crippen LogP contribution in [0.4, 0.5) is 10.1 Å². The van der Waals surface area contributed by atoms with Crippen LogP contribution in [0.1, 0.15) is 6.42 Å². The summed E-state index contributed by atoms with van der Waals surface area (Å²) in [5.41, 5.74) is 0.545. The van der Waals surface area contributed by atoms with Crippen molar-refractivity contribution in [2.24, 2.45) is 0 Å². The van der Waals surface area contributed by atoms with E-state index in [9.17, 15) is 9.18 Å². The van der Waals surface area contributed by atoms with E-state index in [0.29, 0.717) is 24.4 Å². The number of methoxy groups -OCH3 is 1. The molecule has 0 bridgehead atoms. The number of carbonyl (C=O) groups excluding carboxylic acids is 1. The van der Waals surface area contributed by atoms with Crippen molar-refractivity contribution in [1.82, 2.24) is 0 Å². The normalized spacial score (nSPS) is 20.3. The fraction of sp³-hybridized carbons (Fsp3) is 0.364. The lowest BCUT2D eigenvalue weighted by Crippen LogP contribution is -2.24. The SMILES string of the molecule is COc1cc(F)cc(N2CC(Br)CC2=O)c1. The Bertz CT molecular complexity index is 424. The molecule has 1 saturated heterocycles. The zero-order valence-corrected chi connectivity index (χ0v) is 10.3. The summed E-state index contributed by atoms with van der Waals surface area (Å²) in [7, 11) is 1.47. The van der Waals surface area contributed by atoms with E-state index in [1.165, 1.54) is 19.2 Å². The highest BCUT2D eigenvalue weighted by Crippen LogP contribution is 2.28. The summed E-state index contributed by atoms with van der Waals surface area (Å²) >= 11 is 3.38. The Kier molecular flexibility index (Phi) is 3.14. The van der Waals surface area contributed by atoms with E-state index in [1.807, 2.05) is 0 Å². The molecule has 0 spiro atoms. The number of alkyl halides is 1. The smallest absolute Gasteiger partial charge is 0.228 e. The molecule has 0 N–H and O–H groups in total. The summed E-state index contributed by atoms with van der Waals surface area (Å²) in [5, 5.41) is 0. The molecule has 1 heterocycles. The topological polar surface area (TPSA) is 29.5 Å². The van der Waals surface area contributed by atoms with Gasteiger partial charge in [0.05, 0.1) is 12.8 Å². The number of halogens is 2. The van der Waals surface area contributed by atoms with Crippen molar-refractivity contribution in [3.63, 3.8) is 0 Å². The van der Waals surface area contributed by atoms with Crippen molar-refractivity contribution in [2.45, 2.75) is 11.2 Å². The molecule has 0 aromatic heterocycles. The van der Waals surface area contributed by atoms with Gasteiger partial charge in [-0.1, -0.05) is 15.9 Å². The molecule has 1 unspecified atom stereocenters. The van der Waals surface area contributed by atoms with Gasteiger partial charge in [-0.25, -0.2) is 4.39 Å². The molecule has 0 radical (unpaired) electrons. The van der Waals surface area contributed by atoms with Gasteiger partial charge in [0.1, 0.15) is 11.6 Å². The van der Waals surface area contributed by atoms with E-state index in [0.717, 1.165) is 0 Å². The standard InChI is InChI=1S/C11H11BrFNO2/c1-16-10-4-8(13)3-9(5-10)14-6-7(12)2-11(14)15/h3-5,7H,2,6H2,1H3. The largest absolute Gasteiger partial charge is 0.497 e. The number of rotatable bonds is 2. The minimum atomic E-state index is -0.403. The fourth-order valence-electron chi connectivity index (χ4n) is 1.74. The number of nitrogens with zero attached hydrogens (tertiary/aromatic N) is 1. The highest BCUT2D eigenvalue weighted by atomic mass is 79.9. The van der Waals surface area contributed by atoms with Crippen LogP contribution in [-0.2, 0) is 4.79 Å². The van der Waals surface area contributed by atoms with E-state index >= 15 is 0 Å². The van der Waals surface area contributed by atoms with E-state index < -0.39 is 5.82 Å². The highest BCUT2D eigenvalue weighted by Gasteiger charge is 2.29. The van der Waals surface area contributed by atoms with Gasteiger partial charge >= 0.3 is 0 Å². The van der Waals surface area contributed by atoms with Crippen LogP contribution in [0.2, 0.25) is 0 Å². The lowest BCUT2D eigenvalue weighted by Gasteiger charge is -2.16. The second-order valence-electron chi connectivity index (χ2n) is 3.66. The molecule has 5 heteroatoms. The average molecular weight is 288 g/mol. The summed E-state index contributed by atoms with van der Waals surface area (Å²) in [6.07, 6.45) is 0.443. The van der Waals surface area contributed by atoms with Crippen molar-refractivity contribution in [3.8, 4) is 5.75 Å². The van der Waals surface area contributed by atoms with Crippen LogP contribution in [0.5, 0.6) is 5.75 Å². The number of anilines is 1. The van der Waals surface area contributed by atoms with Crippen molar-refractivity contribution in [3.05, 3.63) is 24.0 Å². The average Bonchev–Trinajstić information content (AvgIpc) is 2.57. The number of benzene rings is 1. The number of ether oxygens (including phenoxy) is 1. The lowest BCUT2D eigenvalue weighted by atomic mass is 10.2. The van der Waals surface area contributed by atoms with Gasteiger partial charge in [-0.05, 0) is 6.07 Å². The Morgan fingerprint density at radius 1 is 1.50 bits per heavy atom. The Morgan fingerprint density at radius 2 is 2.25 bits per heavy atom. The van der Waals surface area contributed by atoms with Gasteiger partial charge in [0.2, 0.25) is 5.91 Å². The van der Waals surface area contributed by atoms with Gasteiger partial charge in [0, 0.05) is 29.9 Å². The van der Waals surface area contributed by atoms with Crippen molar-refractivity contribution in [2.75, 3.05) is 18.6 Å². The first kappa shape index (κ1) is 11.4. The predicted octanol–water partition coefficient (Wildman–Crippen LogP) is 2.33. The molecule has 1 atom stereocenters. The van der Waals surface area contributed by atoms with E-state index in [1.54, 1.807) is 11.0 Å². The number of hydrogen-bond acceptors (Lipinski definition) is 2. The van der Waals surface area contributed by atoms with Gasteiger partial charge in [-0.2, -0.15) is 0 Å². The number of hydrogen-bond donors (Lipinski definition) is 0. The van der Waals surface area contributed by atoms with E-state index in [2.05, 4.69) is 15.9 Å². The first-order valence-corrected chi connectivity index (χ1v) is 5.80. The van der Waals surface area contributed by atoms with Crippen LogP contribution in [0.15, 0.2) is 18.2 Å². The van der Waals surface area contributed by atoms with Crippen molar-refractivity contribution in [1.29, 1.82) is 0 Å². The molecule has 1 aromatic carbocycles. The zero-order valence-electron chi connectivity index (χ0n) is 8.74. The molecule has 1 amide bonds. The summed E-state index contributed by atoms with van der Waals surface area (Å²) in [6, 6.07) is 4.28. The third kappa shape index (κ3) is 2.19. The number of amides is 1. The van der Waals surface area contributed by atoms with Gasteiger partial charge < -0.3 is 9.64 Å². The Balaban J connectivity index is 2.33. The highest BCUT2D eigenvalue weighted by molar-refractivity contribution is 9.09. The monoisotopic (exact) mass is 287 g/mol. The molecular weight excluding hydrogens is 277 g/mol. The minimum absolute atomic E-state index is 0.00507. The second-order valence-corrected chi connectivity index (χ2v) is 4.95. The summed E-state index contributed by atoms with van der Waals surface area (Å²) in [5.74, 6) is 0.00974.